The van der Waals surface area contributed by atoms with Crippen LogP contribution in [0.15, 0.2) is 29.6 Å². The summed E-state index contributed by atoms with van der Waals surface area (Å²) in [6.45, 7) is 6.12. The molecule has 1 atom stereocenters. The number of hydrogen-bond acceptors (Lipinski definition) is 5. The van der Waals surface area contributed by atoms with E-state index in [2.05, 4.69) is 29.9 Å². The Morgan fingerprint density at radius 2 is 2.07 bits per heavy atom. The minimum Gasteiger partial charge on any atom is -0.493 e. The first-order valence-electron chi connectivity index (χ1n) is 9.58. The molecule has 5 nitrogen and oxygen atoms in total. The predicted molar refractivity (Wildman–Crippen MR) is 113 cm³/mol. The van der Waals surface area contributed by atoms with Crippen molar-refractivity contribution in [3.63, 3.8) is 0 Å². The van der Waals surface area contributed by atoms with Gasteiger partial charge in [0.25, 0.3) is 0 Å². The lowest BCUT2D eigenvalue weighted by molar-refractivity contribution is 0.0962. The standard InChI is InChI=1S/C22H26N2O3S/c1-14-11-18(15(2)24(14)12-16-7-6-10-27-16)19-13-28-22(23-19)17-8-5-9-20(25-3)21(17)26-4/h5,8-9,11,13,16H,6-7,10,12H2,1-4H3/t16-/m1/s1. The molecule has 2 aromatic heterocycles. The fraction of sp³-hybridized carbons (Fsp3) is 0.409. The molecule has 0 N–H and O–H groups in total. The molecule has 3 aromatic rings. The second-order valence-corrected chi connectivity index (χ2v) is 7.97. The number of aromatic nitrogens is 2. The Labute approximate surface area is 169 Å². The summed E-state index contributed by atoms with van der Waals surface area (Å²) in [5.74, 6) is 1.43. The number of benzene rings is 1. The first kappa shape index (κ1) is 19.0. The molecule has 1 aliphatic rings. The van der Waals surface area contributed by atoms with Crippen molar-refractivity contribution in [2.45, 2.75) is 39.3 Å². The molecule has 0 aliphatic carbocycles. The molecule has 1 aromatic carbocycles. The van der Waals surface area contributed by atoms with Gasteiger partial charge in [-0.2, -0.15) is 0 Å². The fourth-order valence-corrected chi connectivity index (χ4v) is 4.75. The molecule has 0 bridgehead atoms. The summed E-state index contributed by atoms with van der Waals surface area (Å²) in [4.78, 5) is 4.92. The van der Waals surface area contributed by atoms with Gasteiger partial charge in [0.1, 0.15) is 5.01 Å². The molecular formula is C22H26N2O3S. The Kier molecular flexibility index (Phi) is 5.42. The van der Waals surface area contributed by atoms with E-state index in [0.717, 1.165) is 48.0 Å². The predicted octanol–water partition coefficient (Wildman–Crippen LogP) is 5.09. The fourth-order valence-electron chi connectivity index (χ4n) is 3.91. The van der Waals surface area contributed by atoms with Crippen LogP contribution in [-0.4, -0.2) is 36.5 Å². The van der Waals surface area contributed by atoms with Gasteiger partial charge in [0.2, 0.25) is 0 Å². The maximum atomic E-state index is 5.83. The van der Waals surface area contributed by atoms with Crippen molar-refractivity contribution >= 4 is 11.3 Å². The molecule has 0 unspecified atom stereocenters. The van der Waals surface area contributed by atoms with Gasteiger partial charge in [-0.1, -0.05) is 6.07 Å². The van der Waals surface area contributed by atoms with Gasteiger partial charge in [-0.25, -0.2) is 4.98 Å². The minimum atomic E-state index is 0.324. The smallest absolute Gasteiger partial charge is 0.170 e. The van der Waals surface area contributed by atoms with Crippen LogP contribution in [0.2, 0.25) is 0 Å². The van der Waals surface area contributed by atoms with E-state index >= 15 is 0 Å². The second kappa shape index (κ2) is 7.97. The molecule has 4 rings (SSSR count). The van der Waals surface area contributed by atoms with Gasteiger partial charge in [0.15, 0.2) is 11.5 Å². The highest BCUT2D eigenvalue weighted by Crippen LogP contribution is 2.40. The normalized spacial score (nSPS) is 16.5. The van der Waals surface area contributed by atoms with Crippen LogP contribution in [0.5, 0.6) is 11.5 Å². The van der Waals surface area contributed by atoms with Crippen molar-refractivity contribution < 1.29 is 14.2 Å². The molecule has 0 spiro atoms. The lowest BCUT2D eigenvalue weighted by atomic mass is 10.1. The maximum absolute atomic E-state index is 5.83. The largest absolute Gasteiger partial charge is 0.493 e. The van der Waals surface area contributed by atoms with Gasteiger partial charge in [-0.15, -0.1) is 11.3 Å². The summed E-state index contributed by atoms with van der Waals surface area (Å²) >= 11 is 1.62. The molecule has 1 fully saturated rings. The zero-order chi connectivity index (χ0) is 19.7. The maximum Gasteiger partial charge on any atom is 0.170 e. The monoisotopic (exact) mass is 398 g/mol. The van der Waals surface area contributed by atoms with Crippen molar-refractivity contribution in [2.75, 3.05) is 20.8 Å². The van der Waals surface area contributed by atoms with Crippen molar-refractivity contribution in [3.8, 4) is 33.3 Å². The average Bonchev–Trinajstić information content (AvgIpc) is 3.45. The van der Waals surface area contributed by atoms with Crippen LogP contribution >= 0.6 is 11.3 Å². The van der Waals surface area contributed by atoms with Gasteiger partial charge in [-0.05, 0) is 44.9 Å². The molecule has 6 heteroatoms. The Hall–Kier alpha value is -2.31. The number of ether oxygens (including phenoxy) is 3. The summed E-state index contributed by atoms with van der Waals surface area (Å²) in [6, 6.07) is 8.11. The highest BCUT2D eigenvalue weighted by molar-refractivity contribution is 7.13. The third kappa shape index (κ3) is 3.42. The number of aryl methyl sites for hydroxylation is 1. The molecule has 0 radical (unpaired) electrons. The molecule has 0 amide bonds. The van der Waals surface area contributed by atoms with E-state index in [1.165, 1.54) is 17.0 Å². The average molecular weight is 399 g/mol. The van der Waals surface area contributed by atoms with Crippen molar-refractivity contribution in [1.82, 2.24) is 9.55 Å². The van der Waals surface area contributed by atoms with Crippen LogP contribution in [0.4, 0.5) is 0 Å². The quantitative estimate of drug-likeness (QED) is 0.580. The van der Waals surface area contributed by atoms with Crippen LogP contribution in [0.1, 0.15) is 24.2 Å². The lowest BCUT2D eigenvalue weighted by Gasteiger charge is -2.14. The summed E-state index contributed by atoms with van der Waals surface area (Å²) in [5, 5.41) is 3.04. The van der Waals surface area contributed by atoms with E-state index in [-0.39, 0.29) is 0 Å². The first-order valence-corrected chi connectivity index (χ1v) is 10.5. The summed E-state index contributed by atoms with van der Waals surface area (Å²) in [5.41, 5.74) is 5.61. The van der Waals surface area contributed by atoms with E-state index in [1.54, 1.807) is 25.6 Å². The molecule has 1 saturated heterocycles. The van der Waals surface area contributed by atoms with Gasteiger partial charge >= 0.3 is 0 Å². The van der Waals surface area contributed by atoms with Crippen LogP contribution in [-0.2, 0) is 11.3 Å². The van der Waals surface area contributed by atoms with Crippen LogP contribution < -0.4 is 9.47 Å². The van der Waals surface area contributed by atoms with E-state index in [9.17, 15) is 0 Å². The molecular weight excluding hydrogens is 372 g/mol. The molecule has 28 heavy (non-hydrogen) atoms. The Morgan fingerprint density at radius 3 is 2.79 bits per heavy atom. The highest BCUT2D eigenvalue weighted by Gasteiger charge is 2.21. The van der Waals surface area contributed by atoms with E-state index in [1.807, 2.05) is 18.2 Å². The second-order valence-electron chi connectivity index (χ2n) is 7.11. The van der Waals surface area contributed by atoms with Gasteiger partial charge in [0, 0.05) is 35.5 Å². The number of rotatable bonds is 6. The lowest BCUT2D eigenvalue weighted by Crippen LogP contribution is -2.16. The molecule has 148 valence electrons. The number of hydrogen-bond donors (Lipinski definition) is 0. The van der Waals surface area contributed by atoms with Crippen molar-refractivity contribution in [2.24, 2.45) is 0 Å². The van der Waals surface area contributed by atoms with Gasteiger partial charge in [0.05, 0.1) is 31.6 Å². The zero-order valence-corrected chi connectivity index (χ0v) is 17.6. The summed E-state index contributed by atoms with van der Waals surface area (Å²) in [7, 11) is 3.31. The topological polar surface area (TPSA) is 45.5 Å². The van der Waals surface area contributed by atoms with E-state index in [4.69, 9.17) is 19.2 Å². The Bertz CT molecular complexity index is 970. The number of thiazole rings is 1. The highest BCUT2D eigenvalue weighted by atomic mass is 32.1. The number of para-hydroxylation sites is 1. The summed E-state index contributed by atoms with van der Waals surface area (Å²) < 4.78 is 19.2. The molecule has 0 saturated carbocycles. The zero-order valence-electron chi connectivity index (χ0n) is 16.8. The Balaban J connectivity index is 1.67. The third-order valence-electron chi connectivity index (χ3n) is 5.40. The SMILES string of the molecule is COc1cccc(-c2nc(-c3cc(C)n(C[C@H]4CCCO4)c3C)cs2)c1OC. The third-order valence-corrected chi connectivity index (χ3v) is 6.27. The Morgan fingerprint density at radius 1 is 1.21 bits per heavy atom. The number of nitrogens with zero attached hydrogens (tertiary/aromatic N) is 2. The van der Waals surface area contributed by atoms with E-state index < -0.39 is 0 Å². The van der Waals surface area contributed by atoms with Gasteiger partial charge in [-0.3, -0.25) is 0 Å². The van der Waals surface area contributed by atoms with Crippen LogP contribution in [0.3, 0.4) is 0 Å². The first-order chi connectivity index (χ1) is 13.6. The van der Waals surface area contributed by atoms with Crippen molar-refractivity contribution in [3.05, 3.63) is 41.0 Å². The molecule has 3 heterocycles. The van der Waals surface area contributed by atoms with Crippen LogP contribution in [0, 0.1) is 13.8 Å². The minimum absolute atomic E-state index is 0.324. The van der Waals surface area contributed by atoms with E-state index in [0.29, 0.717) is 11.9 Å². The number of methoxy groups -OCH3 is 2. The van der Waals surface area contributed by atoms with Crippen LogP contribution in [0.25, 0.3) is 21.8 Å². The van der Waals surface area contributed by atoms with Gasteiger partial charge < -0.3 is 18.8 Å². The summed E-state index contributed by atoms with van der Waals surface area (Å²) in [6.07, 6.45) is 2.63. The van der Waals surface area contributed by atoms with Crippen molar-refractivity contribution in [1.29, 1.82) is 0 Å². The molecule has 1 aliphatic heterocycles.